The molecule has 45 heavy (non-hydrogen) atoms. The molecule has 7 aromatic carbocycles. The Hall–Kier alpha value is -6.06. The van der Waals surface area contributed by atoms with Gasteiger partial charge in [0, 0.05) is 32.3 Å². The van der Waals surface area contributed by atoms with Crippen molar-refractivity contribution in [3.63, 3.8) is 0 Å². The van der Waals surface area contributed by atoms with Crippen molar-refractivity contribution in [3.05, 3.63) is 163 Å². The van der Waals surface area contributed by atoms with E-state index in [0.29, 0.717) is 13.7 Å². The third kappa shape index (κ3) is 3.41. The molecule has 0 aliphatic carbocycles. The summed E-state index contributed by atoms with van der Waals surface area (Å²) in [4.78, 5) is 0. The van der Waals surface area contributed by atoms with Crippen molar-refractivity contribution in [2.45, 2.75) is 0 Å². The van der Waals surface area contributed by atoms with Gasteiger partial charge in [-0.1, -0.05) is 109 Å². The molecular weight excluding hydrogens is 546 g/mol. The van der Waals surface area contributed by atoms with Crippen LogP contribution < -0.4 is 0 Å². The summed E-state index contributed by atoms with van der Waals surface area (Å²) in [7, 11) is 0. The minimum absolute atomic E-state index is 0.556. The smallest absolute Gasteiger partial charge is 0.0667 e. The molecule has 0 radical (unpaired) electrons. The van der Waals surface area contributed by atoms with Gasteiger partial charge in [0.2, 0.25) is 0 Å². The van der Waals surface area contributed by atoms with Crippen molar-refractivity contribution in [2.75, 3.05) is 0 Å². The highest BCUT2D eigenvalue weighted by Gasteiger charge is 2.19. The second-order valence-electron chi connectivity index (χ2n) is 9.77. The molecule has 0 atom stereocenters. The predicted octanol–water partition coefficient (Wildman–Crippen LogP) is 11.0. The molecule has 3 nitrogen and oxygen atoms in total. The van der Waals surface area contributed by atoms with E-state index in [1.54, 1.807) is 0 Å². The normalized spacial score (nSPS) is 20.4. The Labute approximate surface area is 297 Å². The second kappa shape index (κ2) is 9.22. The van der Waals surface area contributed by atoms with Crippen LogP contribution in [0, 0.1) is 0 Å². The van der Waals surface area contributed by atoms with E-state index in [1.165, 1.54) is 0 Å². The summed E-state index contributed by atoms with van der Waals surface area (Å²) >= 11 is 0. The lowest BCUT2D eigenvalue weighted by atomic mass is 10.2. The summed E-state index contributed by atoms with van der Waals surface area (Å²) in [6, 6.07) is -25.0. The van der Waals surface area contributed by atoms with E-state index >= 15 is 0 Å². The molecule has 3 heterocycles. The SMILES string of the molecule is [2H]c1c(-n2c3c([2H])c([2H])c([2H])c([2H])c3c3c([2H])c([2H])c([2H])c([2H])c32)c([2H])c(-n2c3c([2H])c([2H])c([2H])c([2H])c3c3c([2H])c([2H])c([2H])c([2H])c32)c([2H])c1-n1c2c([2H])c([2H])c([2H])c([2H])c2c2c([2H])c([2H])c([2H])c([2H])c21. The van der Waals surface area contributed by atoms with E-state index in [2.05, 4.69) is 0 Å². The van der Waals surface area contributed by atoms with E-state index in [1.807, 2.05) is 0 Å². The van der Waals surface area contributed by atoms with Crippen molar-refractivity contribution in [3.8, 4) is 17.1 Å². The fourth-order valence-corrected chi connectivity index (χ4v) is 5.70. The van der Waals surface area contributed by atoms with Crippen molar-refractivity contribution in [1.29, 1.82) is 0 Å². The van der Waals surface area contributed by atoms with Gasteiger partial charge in [-0.3, -0.25) is 0 Å². The van der Waals surface area contributed by atoms with Gasteiger partial charge in [-0.25, -0.2) is 0 Å². The minimum atomic E-state index is -1.13. The van der Waals surface area contributed by atoms with E-state index in [-0.39, 0.29) is 0 Å². The van der Waals surface area contributed by atoms with Crippen LogP contribution in [0.2, 0.25) is 0 Å². The summed E-state index contributed by atoms with van der Waals surface area (Å²) in [6.07, 6.45) is 0. The van der Waals surface area contributed by atoms with E-state index in [0.717, 1.165) is 0 Å². The first kappa shape index (κ1) is 9.98. The highest BCUT2D eigenvalue weighted by atomic mass is 15.0. The average Bonchev–Trinajstić information content (AvgIpc) is 4.01. The molecule has 3 aromatic heterocycles. The van der Waals surface area contributed by atoms with Gasteiger partial charge < -0.3 is 13.7 Å². The van der Waals surface area contributed by atoms with Gasteiger partial charge >= 0.3 is 0 Å². The van der Waals surface area contributed by atoms with Crippen molar-refractivity contribution < 1.29 is 37.0 Å². The number of fused-ring (bicyclic) bond motifs is 9. The summed E-state index contributed by atoms with van der Waals surface area (Å²) in [5.74, 6) is 0. The Morgan fingerprint density at radius 2 is 0.444 bits per heavy atom. The third-order valence-electron chi connectivity index (χ3n) is 7.48. The number of hydrogen-bond donors (Lipinski definition) is 0. The summed E-state index contributed by atoms with van der Waals surface area (Å²) in [5, 5.41) is -3.33. The lowest BCUT2D eigenvalue weighted by Crippen LogP contribution is -2.03. The summed E-state index contributed by atoms with van der Waals surface area (Å²) < 4.78 is 246. The lowest BCUT2D eigenvalue weighted by Gasteiger charge is -2.17. The monoisotopic (exact) mass is 600 g/mol. The molecule has 0 saturated heterocycles. The highest BCUT2D eigenvalue weighted by molar-refractivity contribution is 6.12. The molecule has 0 bridgehead atoms. The van der Waals surface area contributed by atoms with Gasteiger partial charge in [0.25, 0.3) is 0 Å². The quantitative estimate of drug-likeness (QED) is 0.192. The molecular formula is C42H27N3. The van der Waals surface area contributed by atoms with Crippen LogP contribution >= 0.6 is 0 Å². The van der Waals surface area contributed by atoms with Crippen LogP contribution in [-0.2, 0) is 0 Å². The Morgan fingerprint density at radius 1 is 0.267 bits per heavy atom. The second-order valence-corrected chi connectivity index (χ2v) is 9.77. The van der Waals surface area contributed by atoms with Crippen LogP contribution in [-0.4, -0.2) is 13.7 Å². The number of para-hydroxylation sites is 6. The molecule has 0 aliphatic rings. The Bertz CT molecular complexity index is 3610. The number of nitrogens with zero attached hydrogens (tertiary/aromatic N) is 3. The topological polar surface area (TPSA) is 14.8 Å². The van der Waals surface area contributed by atoms with Gasteiger partial charge in [0.1, 0.15) is 0 Å². The lowest BCUT2D eigenvalue weighted by molar-refractivity contribution is 1.10. The Morgan fingerprint density at radius 3 is 0.644 bits per heavy atom. The zero-order valence-corrected chi connectivity index (χ0v) is 22.3. The summed E-state index contributed by atoms with van der Waals surface area (Å²) in [6.45, 7) is 0. The largest absolute Gasteiger partial charge is 0.309 e. The number of rotatable bonds is 3. The molecule has 10 rings (SSSR count). The maximum Gasteiger partial charge on any atom is 0.0667 e. The van der Waals surface area contributed by atoms with Gasteiger partial charge in [-0.15, -0.1) is 0 Å². The van der Waals surface area contributed by atoms with Crippen molar-refractivity contribution in [2.24, 2.45) is 0 Å². The van der Waals surface area contributed by atoms with Gasteiger partial charge in [-0.2, -0.15) is 0 Å². The first-order valence-corrected chi connectivity index (χ1v) is 13.3. The molecule has 0 unspecified atom stereocenters. The standard InChI is InChI=1S/C42H27N3/c1-7-19-37-31(13-1)32-14-2-8-20-38(32)43(37)28-25-29(44-39-21-9-3-15-33(39)34-16-4-10-22-40(34)44)27-30(26-28)45-41-23-11-5-17-35(41)36-18-6-12-24-42(36)45/h1-27H/i1D,2D,3D,4D,5D,6D,7D,8D,9D,10D,11D,12D,13D,14D,15D,16D,17D,18D,19D,20D,21D,22D,23D,24D,25D,26D,27D. The third-order valence-corrected chi connectivity index (χ3v) is 7.48. The number of hydrogen-bond acceptors (Lipinski definition) is 0. The van der Waals surface area contributed by atoms with E-state index in [9.17, 15) is 12.3 Å². The van der Waals surface area contributed by atoms with E-state index < -0.39 is 246 Å². The number of benzene rings is 7. The summed E-state index contributed by atoms with van der Waals surface area (Å²) in [5.41, 5.74) is -6.98. The molecule has 3 heteroatoms. The molecule has 0 amide bonds. The Balaban J connectivity index is 1.63. The molecule has 10 aromatic rings. The fraction of sp³-hybridized carbons (Fsp3) is 0. The zero-order chi connectivity index (χ0) is 53.0. The highest BCUT2D eigenvalue weighted by Crippen LogP contribution is 2.38. The molecule has 0 spiro atoms. The molecule has 0 N–H and O–H groups in total. The molecule has 0 aliphatic heterocycles. The first-order valence-electron chi connectivity index (χ1n) is 26.8. The van der Waals surface area contributed by atoms with Crippen molar-refractivity contribution in [1.82, 2.24) is 13.7 Å². The maximum absolute atomic E-state index is 10.2. The van der Waals surface area contributed by atoms with Gasteiger partial charge in [0.15, 0.2) is 0 Å². The van der Waals surface area contributed by atoms with Crippen LogP contribution in [0.25, 0.3) is 82.5 Å². The Kier molecular flexibility index (Phi) is 2.04. The van der Waals surface area contributed by atoms with Gasteiger partial charge in [-0.05, 0) is 54.4 Å². The molecule has 210 valence electrons. The predicted molar refractivity (Wildman–Crippen MR) is 189 cm³/mol. The van der Waals surface area contributed by atoms with Crippen LogP contribution in [0.15, 0.2) is 163 Å². The van der Waals surface area contributed by atoms with Crippen molar-refractivity contribution >= 4 is 65.4 Å². The van der Waals surface area contributed by atoms with Crippen LogP contribution in [0.1, 0.15) is 37.0 Å². The molecule has 0 saturated carbocycles. The molecule has 0 fully saturated rings. The maximum atomic E-state index is 10.2. The van der Waals surface area contributed by atoms with E-state index in [4.69, 9.17) is 24.7 Å². The first-order chi connectivity index (χ1) is 33.6. The number of aromatic nitrogens is 3. The minimum Gasteiger partial charge on any atom is -0.309 e. The zero-order valence-electron chi connectivity index (χ0n) is 49.3. The van der Waals surface area contributed by atoms with Gasteiger partial charge in [0.05, 0.1) is 87.2 Å². The van der Waals surface area contributed by atoms with Crippen LogP contribution in [0.4, 0.5) is 0 Å². The van der Waals surface area contributed by atoms with Crippen LogP contribution in [0.5, 0.6) is 0 Å². The fourth-order valence-electron chi connectivity index (χ4n) is 5.70. The average molecular weight is 601 g/mol. The van der Waals surface area contributed by atoms with Crippen LogP contribution in [0.3, 0.4) is 0 Å².